The Morgan fingerprint density at radius 1 is 1.38 bits per heavy atom. The highest BCUT2D eigenvalue weighted by Crippen LogP contribution is 2.30. The quantitative estimate of drug-likeness (QED) is 0.841. The average molecular weight is 348 g/mol. The molecule has 0 spiro atoms. The normalized spacial score (nSPS) is 17.1. The van der Waals surface area contributed by atoms with Crippen molar-refractivity contribution in [2.24, 2.45) is 11.8 Å². The highest BCUT2D eigenvalue weighted by molar-refractivity contribution is 6.30. The summed E-state index contributed by atoms with van der Waals surface area (Å²) in [5.41, 5.74) is 0.836. The standard InChI is InChI=1S/C18H22ClN3O2/c1-3-11(2)15(20-17(23)13-5-4-6-13)18-21-16(22-24-18)12-7-9-14(19)10-8-12/h7-11,13,15H,3-6H2,1-2H3,(H,20,23)/t11-,15-/m0/s1. The van der Waals surface area contributed by atoms with Gasteiger partial charge in [0.05, 0.1) is 0 Å². The maximum absolute atomic E-state index is 12.3. The van der Waals surface area contributed by atoms with E-state index in [0.29, 0.717) is 16.7 Å². The zero-order valence-corrected chi connectivity index (χ0v) is 14.7. The van der Waals surface area contributed by atoms with Crippen LogP contribution in [-0.4, -0.2) is 16.0 Å². The second-order valence-corrected chi connectivity index (χ2v) is 6.90. The Labute approximate surface area is 146 Å². The molecule has 128 valence electrons. The van der Waals surface area contributed by atoms with Crippen molar-refractivity contribution in [3.8, 4) is 11.4 Å². The molecule has 0 aliphatic heterocycles. The summed E-state index contributed by atoms with van der Waals surface area (Å²) >= 11 is 5.91. The third-order valence-electron chi connectivity index (χ3n) is 4.80. The van der Waals surface area contributed by atoms with Gasteiger partial charge in [0, 0.05) is 16.5 Å². The van der Waals surface area contributed by atoms with Gasteiger partial charge in [-0.2, -0.15) is 4.98 Å². The lowest BCUT2D eigenvalue weighted by atomic mass is 9.84. The lowest BCUT2D eigenvalue weighted by Crippen LogP contribution is -2.39. The number of halogens is 1. The molecule has 1 aliphatic rings. The van der Waals surface area contributed by atoms with Gasteiger partial charge in [0.2, 0.25) is 17.6 Å². The third kappa shape index (κ3) is 3.61. The summed E-state index contributed by atoms with van der Waals surface area (Å²) in [5, 5.41) is 7.82. The van der Waals surface area contributed by atoms with Crippen LogP contribution in [0.3, 0.4) is 0 Å². The number of nitrogens with zero attached hydrogens (tertiary/aromatic N) is 2. The van der Waals surface area contributed by atoms with Crippen molar-refractivity contribution < 1.29 is 9.32 Å². The molecule has 3 rings (SSSR count). The monoisotopic (exact) mass is 347 g/mol. The summed E-state index contributed by atoms with van der Waals surface area (Å²) in [6, 6.07) is 7.02. The van der Waals surface area contributed by atoms with Gasteiger partial charge in [0.25, 0.3) is 0 Å². The highest BCUT2D eigenvalue weighted by atomic mass is 35.5. The Hall–Kier alpha value is -1.88. The number of carbonyl (C=O) groups excluding carboxylic acids is 1. The fourth-order valence-corrected chi connectivity index (χ4v) is 2.83. The molecule has 5 nitrogen and oxygen atoms in total. The summed E-state index contributed by atoms with van der Waals surface area (Å²) in [6.45, 7) is 4.17. The molecule has 0 radical (unpaired) electrons. The van der Waals surface area contributed by atoms with E-state index in [0.717, 1.165) is 31.2 Å². The van der Waals surface area contributed by atoms with Crippen LogP contribution >= 0.6 is 11.6 Å². The van der Waals surface area contributed by atoms with E-state index in [-0.39, 0.29) is 23.8 Å². The minimum atomic E-state index is -0.253. The Bertz CT molecular complexity index is 695. The van der Waals surface area contributed by atoms with Crippen LogP contribution in [0.2, 0.25) is 5.02 Å². The van der Waals surface area contributed by atoms with Gasteiger partial charge >= 0.3 is 0 Å². The second-order valence-electron chi connectivity index (χ2n) is 6.46. The molecule has 0 unspecified atom stereocenters. The molecule has 2 atom stereocenters. The van der Waals surface area contributed by atoms with E-state index >= 15 is 0 Å². The average Bonchev–Trinajstić information content (AvgIpc) is 3.00. The van der Waals surface area contributed by atoms with Gasteiger partial charge in [-0.3, -0.25) is 4.79 Å². The molecular weight excluding hydrogens is 326 g/mol. The molecule has 1 aromatic carbocycles. The van der Waals surface area contributed by atoms with Crippen LogP contribution in [0, 0.1) is 11.8 Å². The van der Waals surface area contributed by atoms with Gasteiger partial charge in [0.15, 0.2) is 0 Å². The molecular formula is C18H22ClN3O2. The molecule has 0 bridgehead atoms. The maximum atomic E-state index is 12.3. The number of aromatic nitrogens is 2. The van der Waals surface area contributed by atoms with Gasteiger partial charge in [0.1, 0.15) is 6.04 Å². The molecule has 24 heavy (non-hydrogen) atoms. The Balaban J connectivity index is 1.79. The van der Waals surface area contributed by atoms with Crippen LogP contribution in [0.4, 0.5) is 0 Å². The van der Waals surface area contributed by atoms with Gasteiger partial charge < -0.3 is 9.84 Å². The lowest BCUT2D eigenvalue weighted by Gasteiger charge is -2.28. The largest absolute Gasteiger partial charge is 0.344 e. The van der Waals surface area contributed by atoms with E-state index in [2.05, 4.69) is 29.3 Å². The van der Waals surface area contributed by atoms with Crippen molar-refractivity contribution in [2.75, 3.05) is 0 Å². The van der Waals surface area contributed by atoms with E-state index in [1.165, 1.54) is 0 Å². The van der Waals surface area contributed by atoms with Crippen LogP contribution in [0.5, 0.6) is 0 Å². The first kappa shape index (κ1) is 17.0. The molecule has 1 saturated carbocycles. The topological polar surface area (TPSA) is 68.0 Å². The van der Waals surface area contributed by atoms with Gasteiger partial charge in [-0.05, 0) is 43.0 Å². The first-order valence-corrected chi connectivity index (χ1v) is 8.86. The number of hydrogen-bond acceptors (Lipinski definition) is 4. The third-order valence-corrected chi connectivity index (χ3v) is 5.05. The summed E-state index contributed by atoms with van der Waals surface area (Å²) in [5.74, 6) is 1.41. The van der Waals surface area contributed by atoms with Gasteiger partial charge in [-0.25, -0.2) is 0 Å². The molecule has 1 N–H and O–H groups in total. The predicted octanol–water partition coefficient (Wildman–Crippen LogP) is 4.39. The minimum Gasteiger partial charge on any atom is -0.344 e. The molecule has 1 aromatic heterocycles. The van der Waals surface area contributed by atoms with Crippen LogP contribution < -0.4 is 5.32 Å². The molecule has 1 fully saturated rings. The molecule has 6 heteroatoms. The van der Waals surface area contributed by atoms with Crippen molar-refractivity contribution in [1.82, 2.24) is 15.5 Å². The minimum absolute atomic E-state index is 0.0952. The molecule has 1 aliphatic carbocycles. The molecule has 1 heterocycles. The Morgan fingerprint density at radius 2 is 2.08 bits per heavy atom. The zero-order valence-electron chi connectivity index (χ0n) is 14.0. The van der Waals surface area contributed by atoms with Crippen LogP contribution in [-0.2, 0) is 4.79 Å². The Morgan fingerprint density at radius 3 is 2.67 bits per heavy atom. The van der Waals surface area contributed by atoms with E-state index in [1.54, 1.807) is 12.1 Å². The highest BCUT2D eigenvalue weighted by Gasteiger charge is 2.31. The van der Waals surface area contributed by atoms with Crippen molar-refractivity contribution >= 4 is 17.5 Å². The smallest absolute Gasteiger partial charge is 0.249 e. The van der Waals surface area contributed by atoms with Crippen molar-refractivity contribution in [3.05, 3.63) is 35.2 Å². The van der Waals surface area contributed by atoms with E-state index in [9.17, 15) is 4.79 Å². The van der Waals surface area contributed by atoms with Crippen molar-refractivity contribution in [1.29, 1.82) is 0 Å². The van der Waals surface area contributed by atoms with E-state index in [1.807, 2.05) is 12.1 Å². The maximum Gasteiger partial charge on any atom is 0.249 e. The molecule has 2 aromatic rings. The summed E-state index contributed by atoms with van der Waals surface area (Å²) in [7, 11) is 0. The second kappa shape index (κ2) is 7.34. The summed E-state index contributed by atoms with van der Waals surface area (Å²) in [4.78, 5) is 16.8. The van der Waals surface area contributed by atoms with E-state index in [4.69, 9.17) is 16.1 Å². The number of hydrogen-bond donors (Lipinski definition) is 1. The van der Waals surface area contributed by atoms with Crippen molar-refractivity contribution in [2.45, 2.75) is 45.6 Å². The zero-order chi connectivity index (χ0) is 17.1. The fraction of sp³-hybridized carbons (Fsp3) is 0.500. The first-order chi connectivity index (χ1) is 11.6. The SMILES string of the molecule is CC[C@H](C)[C@H](NC(=O)C1CCC1)c1nc(-c2ccc(Cl)cc2)no1. The Kier molecular flexibility index (Phi) is 5.19. The molecule has 1 amide bonds. The first-order valence-electron chi connectivity index (χ1n) is 8.48. The number of carbonyl (C=O) groups is 1. The van der Waals surface area contributed by atoms with Crippen LogP contribution in [0.1, 0.15) is 51.5 Å². The molecule has 0 saturated heterocycles. The number of rotatable bonds is 6. The van der Waals surface area contributed by atoms with Crippen LogP contribution in [0.15, 0.2) is 28.8 Å². The van der Waals surface area contributed by atoms with Crippen LogP contribution in [0.25, 0.3) is 11.4 Å². The number of amides is 1. The fourth-order valence-electron chi connectivity index (χ4n) is 2.70. The number of benzene rings is 1. The number of nitrogens with one attached hydrogen (secondary N) is 1. The van der Waals surface area contributed by atoms with Gasteiger partial charge in [-0.15, -0.1) is 0 Å². The summed E-state index contributed by atoms with van der Waals surface area (Å²) in [6.07, 6.45) is 3.99. The lowest BCUT2D eigenvalue weighted by molar-refractivity contribution is -0.128. The van der Waals surface area contributed by atoms with Gasteiger partial charge in [-0.1, -0.05) is 43.4 Å². The van der Waals surface area contributed by atoms with Crippen molar-refractivity contribution in [3.63, 3.8) is 0 Å². The summed E-state index contributed by atoms with van der Waals surface area (Å²) < 4.78 is 5.46. The predicted molar refractivity (Wildman–Crippen MR) is 92.4 cm³/mol. The van der Waals surface area contributed by atoms with E-state index < -0.39 is 0 Å².